The Labute approximate surface area is 82.2 Å². The van der Waals surface area contributed by atoms with Gasteiger partial charge in [-0.15, -0.1) is 0 Å². The maximum atomic E-state index is 5.14. The van der Waals surface area contributed by atoms with Crippen molar-refractivity contribution in [3.8, 4) is 0 Å². The van der Waals surface area contributed by atoms with Crippen LogP contribution >= 0.6 is 0 Å². The molecule has 0 aliphatic carbocycles. The molecule has 0 aromatic heterocycles. The van der Waals surface area contributed by atoms with Gasteiger partial charge in [-0.3, -0.25) is 0 Å². The van der Waals surface area contributed by atoms with E-state index in [1.54, 1.807) is 7.11 Å². The molecule has 0 saturated heterocycles. The van der Waals surface area contributed by atoms with Crippen molar-refractivity contribution >= 4 is 0 Å². The van der Waals surface area contributed by atoms with Gasteiger partial charge in [0.2, 0.25) is 0 Å². The van der Waals surface area contributed by atoms with Gasteiger partial charge in [0, 0.05) is 26.2 Å². The Morgan fingerprint density at radius 3 is 2.46 bits per heavy atom. The summed E-state index contributed by atoms with van der Waals surface area (Å²) in [5, 5.41) is 6.78. The average molecular weight is 188 g/mol. The summed E-state index contributed by atoms with van der Waals surface area (Å²) in [6, 6.07) is 0.518. The molecule has 0 spiro atoms. The standard InChI is InChI=1S/C10H24N2O/c1-5-6-11-7-9(2)12-8-10(3)13-4/h9-12H,5-8H2,1-4H3. The minimum absolute atomic E-state index is 0.300. The van der Waals surface area contributed by atoms with Crippen LogP contribution < -0.4 is 10.6 Å². The van der Waals surface area contributed by atoms with E-state index < -0.39 is 0 Å². The third kappa shape index (κ3) is 8.22. The lowest BCUT2D eigenvalue weighted by molar-refractivity contribution is 0.115. The monoisotopic (exact) mass is 188 g/mol. The van der Waals surface area contributed by atoms with Crippen molar-refractivity contribution in [3.05, 3.63) is 0 Å². The van der Waals surface area contributed by atoms with E-state index in [0.29, 0.717) is 12.1 Å². The zero-order chi connectivity index (χ0) is 10.1. The second-order valence-corrected chi connectivity index (χ2v) is 3.56. The zero-order valence-corrected chi connectivity index (χ0v) is 9.39. The van der Waals surface area contributed by atoms with E-state index >= 15 is 0 Å². The first kappa shape index (κ1) is 12.9. The molecule has 0 bridgehead atoms. The van der Waals surface area contributed by atoms with Crippen LogP contribution in [0.1, 0.15) is 27.2 Å². The molecule has 3 nitrogen and oxygen atoms in total. The molecule has 0 aromatic rings. The molecule has 0 aromatic carbocycles. The predicted molar refractivity (Wildman–Crippen MR) is 57.1 cm³/mol. The Balaban J connectivity index is 3.24. The van der Waals surface area contributed by atoms with E-state index in [-0.39, 0.29) is 0 Å². The Bertz CT molecular complexity index is 109. The maximum Gasteiger partial charge on any atom is 0.0667 e. The highest BCUT2D eigenvalue weighted by Gasteiger charge is 2.03. The molecule has 0 heterocycles. The van der Waals surface area contributed by atoms with E-state index in [2.05, 4.69) is 31.4 Å². The van der Waals surface area contributed by atoms with Crippen LogP contribution in [0.4, 0.5) is 0 Å². The molecule has 2 unspecified atom stereocenters. The average Bonchev–Trinajstić information content (AvgIpc) is 2.14. The Kier molecular flexibility index (Phi) is 8.40. The molecule has 0 fully saturated rings. The number of hydrogen-bond donors (Lipinski definition) is 2. The van der Waals surface area contributed by atoms with Crippen LogP contribution in [0.5, 0.6) is 0 Å². The van der Waals surface area contributed by atoms with Crippen LogP contribution in [0, 0.1) is 0 Å². The molecule has 0 amide bonds. The molecule has 0 rings (SSSR count). The quantitative estimate of drug-likeness (QED) is 0.558. The van der Waals surface area contributed by atoms with Gasteiger partial charge in [-0.1, -0.05) is 6.92 Å². The minimum atomic E-state index is 0.300. The molecule has 2 atom stereocenters. The Hall–Kier alpha value is -0.120. The molecule has 80 valence electrons. The molecule has 0 saturated carbocycles. The SMILES string of the molecule is CCCNCC(C)NCC(C)OC. The third-order valence-electron chi connectivity index (χ3n) is 2.03. The minimum Gasteiger partial charge on any atom is -0.380 e. The van der Waals surface area contributed by atoms with Crippen molar-refractivity contribution in [3.63, 3.8) is 0 Å². The van der Waals surface area contributed by atoms with Crippen LogP contribution in [0.15, 0.2) is 0 Å². The van der Waals surface area contributed by atoms with Gasteiger partial charge in [-0.2, -0.15) is 0 Å². The highest BCUT2D eigenvalue weighted by atomic mass is 16.5. The number of hydrogen-bond acceptors (Lipinski definition) is 3. The molecule has 3 heteroatoms. The van der Waals surface area contributed by atoms with E-state index in [0.717, 1.165) is 19.6 Å². The first-order chi connectivity index (χ1) is 6.20. The summed E-state index contributed by atoms with van der Waals surface area (Å²) in [7, 11) is 1.74. The topological polar surface area (TPSA) is 33.3 Å². The number of nitrogens with one attached hydrogen (secondary N) is 2. The van der Waals surface area contributed by atoms with E-state index in [4.69, 9.17) is 4.74 Å². The van der Waals surface area contributed by atoms with Crippen molar-refractivity contribution in [1.82, 2.24) is 10.6 Å². The maximum absolute atomic E-state index is 5.14. The summed E-state index contributed by atoms with van der Waals surface area (Å²) in [5.41, 5.74) is 0. The molecular weight excluding hydrogens is 164 g/mol. The smallest absolute Gasteiger partial charge is 0.0667 e. The van der Waals surface area contributed by atoms with Crippen molar-refractivity contribution in [1.29, 1.82) is 0 Å². The summed E-state index contributed by atoms with van der Waals surface area (Å²) in [4.78, 5) is 0. The lowest BCUT2D eigenvalue weighted by Crippen LogP contribution is -2.40. The van der Waals surface area contributed by atoms with Gasteiger partial charge in [0.15, 0.2) is 0 Å². The van der Waals surface area contributed by atoms with Crippen LogP contribution in [-0.4, -0.2) is 38.9 Å². The Morgan fingerprint density at radius 1 is 1.23 bits per heavy atom. The van der Waals surface area contributed by atoms with Crippen molar-refractivity contribution in [2.24, 2.45) is 0 Å². The predicted octanol–water partition coefficient (Wildman–Crippen LogP) is 0.999. The second-order valence-electron chi connectivity index (χ2n) is 3.56. The molecule has 13 heavy (non-hydrogen) atoms. The summed E-state index contributed by atoms with van der Waals surface area (Å²) >= 11 is 0. The van der Waals surface area contributed by atoms with Gasteiger partial charge in [-0.25, -0.2) is 0 Å². The van der Waals surface area contributed by atoms with Crippen molar-refractivity contribution in [2.75, 3.05) is 26.7 Å². The van der Waals surface area contributed by atoms with E-state index in [1.807, 2.05) is 0 Å². The number of ether oxygens (including phenoxy) is 1. The van der Waals surface area contributed by atoms with Crippen molar-refractivity contribution in [2.45, 2.75) is 39.3 Å². The van der Waals surface area contributed by atoms with Gasteiger partial charge < -0.3 is 15.4 Å². The normalized spacial score (nSPS) is 15.7. The largest absolute Gasteiger partial charge is 0.380 e. The lowest BCUT2D eigenvalue weighted by atomic mass is 10.3. The fourth-order valence-electron chi connectivity index (χ4n) is 1.02. The lowest BCUT2D eigenvalue weighted by Gasteiger charge is -2.17. The molecule has 0 radical (unpaired) electrons. The fraction of sp³-hybridized carbons (Fsp3) is 1.00. The molecular formula is C10H24N2O. The number of rotatable bonds is 8. The van der Waals surface area contributed by atoms with Crippen LogP contribution in [0.25, 0.3) is 0 Å². The van der Waals surface area contributed by atoms with Crippen LogP contribution in [0.3, 0.4) is 0 Å². The molecule has 0 aliphatic heterocycles. The second kappa shape index (κ2) is 8.48. The first-order valence-corrected chi connectivity index (χ1v) is 5.17. The summed E-state index contributed by atoms with van der Waals surface area (Å²) in [5.74, 6) is 0. The summed E-state index contributed by atoms with van der Waals surface area (Å²) in [6.45, 7) is 9.49. The Morgan fingerprint density at radius 2 is 1.92 bits per heavy atom. The molecule has 2 N–H and O–H groups in total. The van der Waals surface area contributed by atoms with Crippen molar-refractivity contribution < 1.29 is 4.74 Å². The van der Waals surface area contributed by atoms with Gasteiger partial charge in [0.05, 0.1) is 6.10 Å². The molecule has 0 aliphatic rings. The van der Waals surface area contributed by atoms with Gasteiger partial charge in [0.25, 0.3) is 0 Å². The highest BCUT2D eigenvalue weighted by Crippen LogP contribution is 1.86. The summed E-state index contributed by atoms with van der Waals surface area (Å²) in [6.07, 6.45) is 1.50. The van der Waals surface area contributed by atoms with Crippen LogP contribution in [-0.2, 0) is 4.74 Å². The highest BCUT2D eigenvalue weighted by molar-refractivity contribution is 4.65. The summed E-state index contributed by atoms with van der Waals surface area (Å²) < 4.78 is 5.14. The van der Waals surface area contributed by atoms with E-state index in [9.17, 15) is 0 Å². The van der Waals surface area contributed by atoms with Gasteiger partial charge in [0.1, 0.15) is 0 Å². The zero-order valence-electron chi connectivity index (χ0n) is 9.39. The van der Waals surface area contributed by atoms with Gasteiger partial charge >= 0.3 is 0 Å². The van der Waals surface area contributed by atoms with Gasteiger partial charge in [-0.05, 0) is 26.8 Å². The number of methoxy groups -OCH3 is 1. The first-order valence-electron chi connectivity index (χ1n) is 5.17. The van der Waals surface area contributed by atoms with Crippen LogP contribution in [0.2, 0.25) is 0 Å². The fourth-order valence-corrected chi connectivity index (χ4v) is 1.02. The van der Waals surface area contributed by atoms with E-state index in [1.165, 1.54) is 6.42 Å². The third-order valence-corrected chi connectivity index (χ3v) is 2.03.